The second-order valence-electron chi connectivity index (χ2n) is 6.23. The number of methoxy groups -OCH3 is 1. The van der Waals surface area contributed by atoms with Crippen LogP contribution in [0.3, 0.4) is 0 Å². The van der Waals surface area contributed by atoms with Crippen LogP contribution in [0.15, 0.2) is 60.0 Å². The maximum atomic E-state index is 13.2. The Bertz CT molecular complexity index is 918. The van der Waals surface area contributed by atoms with Gasteiger partial charge >= 0.3 is 0 Å². The van der Waals surface area contributed by atoms with Gasteiger partial charge in [-0.2, -0.15) is 0 Å². The van der Waals surface area contributed by atoms with Gasteiger partial charge in [-0.05, 0) is 65.4 Å². The summed E-state index contributed by atoms with van der Waals surface area (Å²) in [4.78, 5) is 16.5. The maximum absolute atomic E-state index is 13.2. The third-order valence-corrected chi connectivity index (χ3v) is 6.00. The van der Waals surface area contributed by atoms with Crippen LogP contribution in [0.4, 0.5) is 0 Å². The summed E-state index contributed by atoms with van der Waals surface area (Å²) in [5.41, 5.74) is 2.97. The molecule has 0 unspecified atom stereocenters. The summed E-state index contributed by atoms with van der Waals surface area (Å²) in [6, 6.07) is 17.1. The smallest absolute Gasteiger partial charge is 0.254 e. The molecule has 132 valence electrons. The zero-order chi connectivity index (χ0) is 18.1. The molecule has 0 spiro atoms. The third-order valence-electron chi connectivity index (χ3n) is 4.75. The number of fused-ring (bicyclic) bond motifs is 1. The van der Waals surface area contributed by atoms with Crippen LogP contribution in [0.5, 0.6) is 5.75 Å². The van der Waals surface area contributed by atoms with Crippen molar-refractivity contribution in [1.82, 2.24) is 4.90 Å². The molecule has 4 rings (SSSR count). The first-order chi connectivity index (χ1) is 12.7. The molecule has 0 N–H and O–H groups in total. The van der Waals surface area contributed by atoms with Gasteiger partial charge in [-0.15, -0.1) is 11.3 Å². The highest BCUT2D eigenvalue weighted by Crippen LogP contribution is 2.39. The third kappa shape index (κ3) is 3.11. The lowest BCUT2D eigenvalue weighted by Gasteiger charge is -2.36. The van der Waals surface area contributed by atoms with Crippen molar-refractivity contribution in [3.63, 3.8) is 0 Å². The summed E-state index contributed by atoms with van der Waals surface area (Å²) < 4.78 is 5.27. The van der Waals surface area contributed by atoms with Gasteiger partial charge in [-0.25, -0.2) is 0 Å². The number of benzene rings is 2. The summed E-state index contributed by atoms with van der Waals surface area (Å²) in [6.45, 7) is 0.700. The van der Waals surface area contributed by atoms with E-state index in [-0.39, 0.29) is 11.9 Å². The van der Waals surface area contributed by atoms with Crippen molar-refractivity contribution < 1.29 is 9.53 Å². The van der Waals surface area contributed by atoms with Crippen LogP contribution >= 0.6 is 22.9 Å². The predicted molar refractivity (Wildman–Crippen MR) is 105 cm³/mol. The Hall–Kier alpha value is -2.30. The summed E-state index contributed by atoms with van der Waals surface area (Å²) in [5, 5.41) is 2.74. The van der Waals surface area contributed by atoms with Crippen molar-refractivity contribution in [3.05, 3.63) is 86.6 Å². The summed E-state index contributed by atoms with van der Waals surface area (Å²) in [5.74, 6) is 0.838. The minimum Gasteiger partial charge on any atom is -0.497 e. The van der Waals surface area contributed by atoms with Crippen molar-refractivity contribution in [2.75, 3.05) is 13.7 Å². The van der Waals surface area contributed by atoms with Crippen molar-refractivity contribution in [1.29, 1.82) is 0 Å². The first-order valence-electron chi connectivity index (χ1n) is 8.44. The number of thiophene rings is 1. The second kappa shape index (κ2) is 7.14. The van der Waals surface area contributed by atoms with Crippen molar-refractivity contribution in [2.45, 2.75) is 12.5 Å². The predicted octanol–water partition coefficient (Wildman–Crippen LogP) is 5.20. The van der Waals surface area contributed by atoms with Crippen LogP contribution < -0.4 is 4.74 Å². The van der Waals surface area contributed by atoms with Crippen LogP contribution in [0.2, 0.25) is 5.02 Å². The molecule has 26 heavy (non-hydrogen) atoms. The van der Waals surface area contributed by atoms with E-state index in [0.29, 0.717) is 17.1 Å². The zero-order valence-corrected chi connectivity index (χ0v) is 15.9. The standard InChI is InChI=1S/C21H18ClNO2S/c1-25-17-8-4-14(5-9-17)20-18-11-13-26-19(18)10-12-23(20)21(24)15-2-6-16(22)7-3-15/h2-9,11,13,20H,10,12H2,1H3/t20-/m1/s1. The van der Waals surface area contributed by atoms with Crippen LogP contribution in [-0.2, 0) is 6.42 Å². The van der Waals surface area contributed by atoms with Crippen molar-refractivity contribution in [3.8, 4) is 5.75 Å². The molecule has 2 aromatic carbocycles. The number of carbonyl (C=O) groups excluding carboxylic acids is 1. The number of ether oxygens (including phenoxy) is 1. The van der Waals surface area contributed by atoms with Gasteiger partial charge in [0.25, 0.3) is 5.91 Å². The fourth-order valence-corrected chi connectivity index (χ4v) is 4.47. The molecule has 0 bridgehead atoms. The Kier molecular flexibility index (Phi) is 4.70. The Labute approximate surface area is 161 Å². The van der Waals surface area contributed by atoms with Gasteiger partial charge in [-0.3, -0.25) is 4.79 Å². The lowest BCUT2D eigenvalue weighted by Crippen LogP contribution is -2.40. The zero-order valence-electron chi connectivity index (χ0n) is 14.3. The minimum absolute atomic E-state index is 0.0272. The van der Waals surface area contributed by atoms with E-state index >= 15 is 0 Å². The highest BCUT2D eigenvalue weighted by atomic mass is 35.5. The molecule has 1 atom stereocenters. The van der Waals surface area contributed by atoms with Crippen molar-refractivity contribution in [2.24, 2.45) is 0 Å². The van der Waals surface area contributed by atoms with E-state index in [2.05, 4.69) is 11.4 Å². The monoisotopic (exact) mass is 383 g/mol. The molecule has 3 aromatic rings. The average molecular weight is 384 g/mol. The van der Waals surface area contributed by atoms with Crippen LogP contribution in [-0.4, -0.2) is 24.5 Å². The molecule has 0 saturated heterocycles. The minimum atomic E-state index is -0.0842. The number of hydrogen-bond acceptors (Lipinski definition) is 3. The molecule has 0 fully saturated rings. The highest BCUT2D eigenvalue weighted by molar-refractivity contribution is 7.10. The van der Waals surface area contributed by atoms with Gasteiger partial charge in [0.2, 0.25) is 0 Å². The quantitative estimate of drug-likeness (QED) is 0.622. The van der Waals surface area contributed by atoms with Crippen LogP contribution in [0.25, 0.3) is 0 Å². The molecule has 1 aromatic heterocycles. The topological polar surface area (TPSA) is 29.5 Å². The Morgan fingerprint density at radius 1 is 1.12 bits per heavy atom. The van der Waals surface area contributed by atoms with Gasteiger partial charge < -0.3 is 9.64 Å². The maximum Gasteiger partial charge on any atom is 0.254 e. The van der Waals surface area contributed by atoms with Gasteiger partial charge in [0, 0.05) is 22.0 Å². The second-order valence-corrected chi connectivity index (χ2v) is 7.67. The molecule has 1 aliphatic heterocycles. The van der Waals surface area contributed by atoms with E-state index in [9.17, 15) is 4.79 Å². The van der Waals surface area contributed by atoms with E-state index in [1.165, 1.54) is 10.4 Å². The number of halogens is 1. The van der Waals surface area contributed by atoms with E-state index in [4.69, 9.17) is 16.3 Å². The van der Waals surface area contributed by atoms with Gasteiger partial charge in [-0.1, -0.05) is 23.7 Å². The summed E-state index contributed by atoms with van der Waals surface area (Å²) in [6.07, 6.45) is 0.888. The molecular formula is C21H18ClNO2S. The molecule has 0 saturated carbocycles. The number of rotatable bonds is 3. The molecule has 5 heteroatoms. The lowest BCUT2D eigenvalue weighted by atomic mass is 9.92. The van der Waals surface area contributed by atoms with Crippen molar-refractivity contribution >= 4 is 28.8 Å². The van der Waals surface area contributed by atoms with Gasteiger partial charge in [0.1, 0.15) is 5.75 Å². The molecule has 3 nitrogen and oxygen atoms in total. The number of nitrogens with zero attached hydrogens (tertiary/aromatic N) is 1. The first-order valence-corrected chi connectivity index (χ1v) is 9.70. The largest absolute Gasteiger partial charge is 0.497 e. The van der Waals surface area contributed by atoms with Gasteiger partial charge in [0.05, 0.1) is 13.2 Å². The number of carbonyl (C=O) groups is 1. The van der Waals surface area contributed by atoms with Gasteiger partial charge in [0.15, 0.2) is 0 Å². The molecule has 0 radical (unpaired) electrons. The molecule has 1 amide bonds. The average Bonchev–Trinajstić information content (AvgIpc) is 3.16. The SMILES string of the molecule is COc1ccc([C@@H]2c3ccsc3CCN2C(=O)c2ccc(Cl)cc2)cc1. The Balaban J connectivity index is 1.74. The molecule has 2 heterocycles. The van der Waals surface area contributed by atoms with Crippen LogP contribution in [0.1, 0.15) is 32.4 Å². The normalized spacial score (nSPS) is 16.2. The first kappa shape index (κ1) is 17.1. The Morgan fingerprint density at radius 3 is 2.54 bits per heavy atom. The Morgan fingerprint density at radius 2 is 1.85 bits per heavy atom. The summed E-state index contributed by atoms with van der Waals surface area (Å²) >= 11 is 7.74. The highest BCUT2D eigenvalue weighted by Gasteiger charge is 2.33. The fourth-order valence-electron chi connectivity index (χ4n) is 3.44. The van der Waals surface area contributed by atoms with Crippen LogP contribution in [0, 0.1) is 0 Å². The number of amides is 1. The number of hydrogen-bond donors (Lipinski definition) is 0. The van der Waals surface area contributed by atoms with E-state index in [0.717, 1.165) is 17.7 Å². The van der Waals surface area contributed by atoms with E-state index < -0.39 is 0 Å². The van der Waals surface area contributed by atoms with E-state index in [1.54, 1.807) is 42.7 Å². The lowest BCUT2D eigenvalue weighted by molar-refractivity contribution is 0.0696. The molecule has 0 aliphatic carbocycles. The molecule has 1 aliphatic rings. The molecular weight excluding hydrogens is 366 g/mol. The van der Waals surface area contributed by atoms with E-state index in [1.807, 2.05) is 29.2 Å². The summed E-state index contributed by atoms with van der Waals surface area (Å²) in [7, 11) is 1.66. The fraction of sp³-hybridized carbons (Fsp3) is 0.190.